The van der Waals surface area contributed by atoms with E-state index in [0.29, 0.717) is 9.99 Å². The van der Waals surface area contributed by atoms with E-state index in [4.69, 9.17) is 4.84 Å². The molecule has 2 aliphatic heterocycles. The molecule has 3 aliphatic rings. The molecule has 158 valence electrons. The lowest BCUT2D eigenvalue weighted by Crippen LogP contribution is -2.33. The highest BCUT2D eigenvalue weighted by molar-refractivity contribution is 14.2. The Morgan fingerprint density at radius 1 is 1.07 bits per heavy atom. The van der Waals surface area contributed by atoms with Crippen LogP contribution in [-0.4, -0.2) is 14.9 Å². The molecule has 8 heteroatoms. The van der Waals surface area contributed by atoms with Crippen LogP contribution in [0, 0.1) is 9.39 Å². The van der Waals surface area contributed by atoms with Gasteiger partial charge in [-0.15, -0.1) is 0 Å². The van der Waals surface area contributed by atoms with Crippen LogP contribution in [0.3, 0.4) is 0 Å². The zero-order valence-electron chi connectivity index (χ0n) is 16.0. The Morgan fingerprint density at radius 3 is 2.57 bits per heavy atom. The maximum absolute atomic E-state index is 14.3. The molecular formula is C22H19F4IN2O. The molecule has 5 rings (SSSR count). The molecular weight excluding hydrogens is 511 g/mol. The number of anilines is 1. The number of hydrogen-bond donors (Lipinski definition) is 1. The molecule has 1 aliphatic carbocycles. The Hall–Kier alpha value is -1.97. The number of nitrogens with one attached hydrogen (secondary N) is 1. The quantitative estimate of drug-likeness (QED) is 0.347. The maximum Gasteiger partial charge on any atom is 0.418 e. The van der Waals surface area contributed by atoms with Crippen molar-refractivity contribution >= 4 is 35.8 Å². The average Bonchev–Trinajstić information content (AvgIpc) is 3.32. The molecule has 0 saturated heterocycles. The number of fused-ring (bicyclic) bond motifs is 1. The summed E-state index contributed by atoms with van der Waals surface area (Å²) in [7, 11) is 0. The Morgan fingerprint density at radius 2 is 1.83 bits per heavy atom. The van der Waals surface area contributed by atoms with Crippen molar-refractivity contribution in [2.75, 3.05) is 5.32 Å². The van der Waals surface area contributed by atoms with Gasteiger partial charge in [-0.3, -0.25) is 0 Å². The molecule has 0 aromatic heterocycles. The number of nitrogens with zero attached hydrogens (tertiary/aromatic N) is 1. The fourth-order valence-corrected chi connectivity index (χ4v) is 7.12. The van der Waals surface area contributed by atoms with E-state index >= 15 is 0 Å². The highest BCUT2D eigenvalue weighted by Crippen LogP contribution is 2.46. The average molecular weight is 530 g/mol. The molecule has 30 heavy (non-hydrogen) atoms. The van der Waals surface area contributed by atoms with Crippen molar-refractivity contribution in [2.45, 2.75) is 50.3 Å². The SMILES string of the molecule is Fc1ccccc1-c1cc2c(c(C(F)(F)F)c1)NC(C1=NOC3(CCCCC3)C1)=I2. The van der Waals surface area contributed by atoms with E-state index in [-0.39, 0.29) is 22.4 Å². The van der Waals surface area contributed by atoms with Crippen LogP contribution in [0.15, 0.2) is 41.6 Å². The molecule has 3 nitrogen and oxygen atoms in total. The van der Waals surface area contributed by atoms with Gasteiger partial charge >= 0.3 is 6.18 Å². The van der Waals surface area contributed by atoms with Crippen LogP contribution in [0.1, 0.15) is 44.1 Å². The molecule has 0 amide bonds. The first-order valence-electron chi connectivity index (χ1n) is 9.89. The van der Waals surface area contributed by atoms with E-state index in [0.717, 1.165) is 41.1 Å². The second kappa shape index (κ2) is 7.32. The minimum absolute atomic E-state index is 0.0812. The third-order valence-corrected chi connectivity index (χ3v) is 8.73. The van der Waals surface area contributed by atoms with Crippen molar-refractivity contribution in [2.24, 2.45) is 5.16 Å². The molecule has 0 atom stereocenters. The van der Waals surface area contributed by atoms with E-state index in [1.165, 1.54) is 24.6 Å². The van der Waals surface area contributed by atoms with E-state index in [1.54, 1.807) is 12.1 Å². The standard InChI is InChI=1S/C22H19F4IN2O/c23-16-7-3-2-6-14(16)13-10-15(22(24,25)26)19-17(11-13)27-20(28-19)18-12-21(30-29-18)8-4-1-5-9-21/h2-3,6-7,10-11,28H,1,4-5,8-9,12H2. The Labute approximate surface area is 181 Å². The summed E-state index contributed by atoms with van der Waals surface area (Å²) in [5, 5.41) is 7.28. The zero-order valence-corrected chi connectivity index (χ0v) is 18.1. The zero-order chi connectivity index (χ0) is 20.9. The van der Waals surface area contributed by atoms with Gasteiger partial charge in [0, 0.05) is 15.6 Å². The van der Waals surface area contributed by atoms with Crippen LogP contribution < -0.4 is 5.32 Å². The summed E-state index contributed by atoms with van der Waals surface area (Å²) >= 11 is -0.907. The number of alkyl halides is 3. The first-order chi connectivity index (χ1) is 14.3. The van der Waals surface area contributed by atoms with Gasteiger partial charge in [0.05, 0.1) is 14.9 Å². The predicted molar refractivity (Wildman–Crippen MR) is 117 cm³/mol. The lowest BCUT2D eigenvalue weighted by atomic mass is 9.81. The lowest BCUT2D eigenvalue weighted by Gasteiger charge is -2.30. The largest absolute Gasteiger partial charge is 0.418 e. The molecule has 0 radical (unpaired) electrons. The van der Waals surface area contributed by atoms with Crippen LogP contribution in [-0.2, 0) is 11.0 Å². The van der Waals surface area contributed by atoms with Gasteiger partial charge in [0.2, 0.25) is 0 Å². The minimum Gasteiger partial charge on any atom is -0.388 e. The second-order valence-electron chi connectivity index (χ2n) is 7.94. The second-order valence-corrected chi connectivity index (χ2v) is 10.7. The van der Waals surface area contributed by atoms with Crippen LogP contribution in [0.2, 0.25) is 0 Å². The highest BCUT2D eigenvalue weighted by atomic mass is 127. The van der Waals surface area contributed by atoms with Crippen LogP contribution in [0.5, 0.6) is 0 Å². The summed E-state index contributed by atoms with van der Waals surface area (Å²) in [4.78, 5) is 5.78. The van der Waals surface area contributed by atoms with E-state index in [9.17, 15) is 17.6 Å². The molecule has 1 fully saturated rings. The Balaban J connectivity index is 1.52. The normalized spacial score (nSPS) is 20.0. The van der Waals surface area contributed by atoms with Crippen molar-refractivity contribution in [1.29, 1.82) is 0 Å². The van der Waals surface area contributed by atoms with Crippen molar-refractivity contribution in [3.8, 4) is 11.1 Å². The van der Waals surface area contributed by atoms with Gasteiger partial charge in [-0.25, -0.2) is 4.39 Å². The summed E-state index contributed by atoms with van der Waals surface area (Å²) < 4.78 is 57.1. The number of halogens is 5. The fraction of sp³-hybridized carbons (Fsp3) is 0.364. The molecule has 1 N–H and O–H groups in total. The highest BCUT2D eigenvalue weighted by Gasteiger charge is 2.43. The first-order valence-corrected chi connectivity index (χ1v) is 12.0. The van der Waals surface area contributed by atoms with Gasteiger partial charge in [0.15, 0.2) is 0 Å². The molecule has 0 bridgehead atoms. The Bertz CT molecular complexity index is 1070. The number of hydrogen-bond acceptors (Lipinski definition) is 3. The van der Waals surface area contributed by atoms with E-state index < -0.39 is 38.3 Å². The molecule has 2 heterocycles. The Kier molecular flexibility index (Phi) is 4.87. The van der Waals surface area contributed by atoms with Crippen molar-refractivity contribution in [1.82, 2.24) is 0 Å². The molecule has 2 aromatic carbocycles. The summed E-state index contributed by atoms with van der Waals surface area (Å²) in [6, 6.07) is 8.63. The van der Waals surface area contributed by atoms with Gasteiger partial charge in [-0.05, 0) is 49.4 Å². The topological polar surface area (TPSA) is 33.6 Å². The summed E-state index contributed by atoms with van der Waals surface area (Å²) in [5.74, 6) is -0.535. The van der Waals surface area contributed by atoms with E-state index in [2.05, 4.69) is 10.5 Å². The van der Waals surface area contributed by atoms with Crippen LogP contribution >= 0.6 is 20.7 Å². The number of rotatable bonds is 2. The van der Waals surface area contributed by atoms with Gasteiger partial charge in [-0.1, -0.05) is 50.5 Å². The molecule has 1 saturated carbocycles. The van der Waals surface area contributed by atoms with Crippen molar-refractivity contribution < 1.29 is 22.4 Å². The molecule has 0 unspecified atom stereocenters. The van der Waals surface area contributed by atoms with Crippen LogP contribution in [0.25, 0.3) is 11.1 Å². The third-order valence-electron chi connectivity index (χ3n) is 5.87. The van der Waals surface area contributed by atoms with Gasteiger partial charge in [0.25, 0.3) is 0 Å². The molecule has 2 aromatic rings. The van der Waals surface area contributed by atoms with Crippen molar-refractivity contribution in [3.63, 3.8) is 0 Å². The lowest BCUT2D eigenvalue weighted by molar-refractivity contribution is -0.136. The third kappa shape index (κ3) is 3.52. The minimum atomic E-state index is -4.55. The fourth-order valence-electron chi connectivity index (χ4n) is 4.35. The van der Waals surface area contributed by atoms with Gasteiger partial charge in [0.1, 0.15) is 17.1 Å². The first kappa shape index (κ1) is 20.0. The molecule has 1 spiro atoms. The predicted octanol–water partition coefficient (Wildman–Crippen LogP) is 6.69. The summed E-state index contributed by atoms with van der Waals surface area (Å²) in [5.41, 5.74) is 0.187. The van der Waals surface area contributed by atoms with Crippen LogP contribution in [0.4, 0.5) is 23.2 Å². The van der Waals surface area contributed by atoms with Crippen molar-refractivity contribution in [3.05, 3.63) is 51.3 Å². The smallest absolute Gasteiger partial charge is 0.388 e. The maximum atomic E-state index is 14.3. The van der Waals surface area contributed by atoms with E-state index in [1.807, 2.05) is 0 Å². The van der Waals surface area contributed by atoms with Gasteiger partial charge in [-0.2, -0.15) is 13.2 Å². The number of benzene rings is 2. The summed E-state index contributed by atoms with van der Waals surface area (Å²) in [6.45, 7) is 0. The number of oxime groups is 1. The van der Waals surface area contributed by atoms with Gasteiger partial charge < -0.3 is 10.2 Å². The summed E-state index contributed by atoms with van der Waals surface area (Å²) in [6.07, 6.45) is 1.33. The monoisotopic (exact) mass is 530 g/mol.